The number of benzene rings is 2. The summed E-state index contributed by atoms with van der Waals surface area (Å²) in [6.45, 7) is -0.0555. The zero-order valence-corrected chi connectivity index (χ0v) is 14.2. The van der Waals surface area contributed by atoms with Crippen molar-refractivity contribution in [2.24, 2.45) is 0 Å². The number of rotatable bonds is 6. The summed E-state index contributed by atoms with van der Waals surface area (Å²) < 4.78 is 5.82. The number of hydrogen-bond donors (Lipinski definition) is 1. The van der Waals surface area contributed by atoms with Crippen molar-refractivity contribution >= 4 is 33.4 Å². The zero-order valence-electron chi connectivity index (χ0n) is 12.7. The Morgan fingerprint density at radius 3 is 2.39 bits per heavy atom. The number of amides is 2. The lowest BCUT2D eigenvalue weighted by Gasteiger charge is -2.21. The third kappa shape index (κ3) is 4.91. The first kappa shape index (κ1) is 17.2. The molecule has 0 aliphatic carbocycles. The highest BCUT2D eigenvalue weighted by Gasteiger charge is 2.19. The van der Waals surface area contributed by atoms with Crippen LogP contribution in [0.1, 0.15) is 10.4 Å². The Morgan fingerprint density at radius 2 is 1.74 bits per heavy atom. The quantitative estimate of drug-likeness (QED) is 0.787. The first-order valence-electron chi connectivity index (χ1n) is 6.99. The Labute approximate surface area is 143 Å². The van der Waals surface area contributed by atoms with E-state index in [-0.39, 0.29) is 25.1 Å². The molecule has 5 nitrogen and oxygen atoms in total. The van der Waals surface area contributed by atoms with E-state index in [0.717, 1.165) is 4.47 Å². The third-order valence-electron chi connectivity index (χ3n) is 3.08. The minimum Gasteiger partial charge on any atom is -0.364 e. The second-order valence-electron chi connectivity index (χ2n) is 4.81. The number of anilines is 1. The molecule has 23 heavy (non-hydrogen) atoms. The van der Waals surface area contributed by atoms with Crippen LogP contribution in [-0.4, -0.2) is 37.1 Å². The van der Waals surface area contributed by atoms with Gasteiger partial charge in [-0.1, -0.05) is 30.3 Å². The summed E-state index contributed by atoms with van der Waals surface area (Å²) in [4.78, 5) is 26.0. The number of para-hydroxylation sites is 1. The molecule has 0 saturated heterocycles. The summed E-state index contributed by atoms with van der Waals surface area (Å²) >= 11 is 3.37. The lowest BCUT2D eigenvalue weighted by Crippen LogP contribution is -2.39. The van der Waals surface area contributed by atoms with Crippen LogP contribution in [0.2, 0.25) is 0 Å². The first-order valence-corrected chi connectivity index (χ1v) is 7.78. The van der Waals surface area contributed by atoms with Gasteiger partial charge in [-0.2, -0.15) is 0 Å². The van der Waals surface area contributed by atoms with Gasteiger partial charge in [0, 0.05) is 17.1 Å². The van der Waals surface area contributed by atoms with Crippen molar-refractivity contribution in [2.75, 3.05) is 25.7 Å². The molecule has 6 heteroatoms. The van der Waals surface area contributed by atoms with E-state index in [0.29, 0.717) is 11.3 Å². The third-order valence-corrected chi connectivity index (χ3v) is 3.77. The van der Waals surface area contributed by atoms with Crippen molar-refractivity contribution in [2.45, 2.75) is 0 Å². The van der Waals surface area contributed by atoms with Crippen LogP contribution in [0, 0.1) is 0 Å². The van der Waals surface area contributed by atoms with Crippen LogP contribution in [0.5, 0.6) is 0 Å². The number of halogens is 1. The standard InChI is InChI=1S/C17H17BrN2O3/c1-23-12-20(17(22)13-7-3-2-4-8-13)11-16(21)19-15-10-6-5-9-14(15)18/h2-10H,11-12H2,1H3,(H,19,21). The fraction of sp³-hybridized carbons (Fsp3) is 0.176. The number of ether oxygens (including phenoxy) is 1. The highest BCUT2D eigenvalue weighted by molar-refractivity contribution is 9.10. The molecular weight excluding hydrogens is 360 g/mol. The van der Waals surface area contributed by atoms with Crippen LogP contribution in [-0.2, 0) is 9.53 Å². The molecule has 2 rings (SSSR count). The molecule has 120 valence electrons. The molecule has 0 aliphatic rings. The normalized spacial score (nSPS) is 10.2. The van der Waals surface area contributed by atoms with E-state index in [2.05, 4.69) is 21.2 Å². The number of carbonyl (C=O) groups is 2. The lowest BCUT2D eigenvalue weighted by molar-refractivity contribution is -0.117. The van der Waals surface area contributed by atoms with Gasteiger partial charge >= 0.3 is 0 Å². The maximum atomic E-state index is 12.4. The predicted octanol–water partition coefficient (Wildman–Crippen LogP) is 3.13. The summed E-state index contributed by atoms with van der Waals surface area (Å²) in [6, 6.07) is 16.1. The Bertz CT molecular complexity index is 677. The molecule has 0 bridgehead atoms. The van der Waals surface area contributed by atoms with Crippen molar-refractivity contribution in [3.8, 4) is 0 Å². The largest absolute Gasteiger partial charge is 0.364 e. The molecule has 2 aromatic carbocycles. The monoisotopic (exact) mass is 376 g/mol. The number of nitrogens with zero attached hydrogens (tertiary/aromatic N) is 1. The Kier molecular flexibility index (Phi) is 6.31. The summed E-state index contributed by atoms with van der Waals surface area (Å²) in [5.74, 6) is -0.548. The molecule has 2 amide bonds. The van der Waals surface area contributed by atoms with Gasteiger partial charge in [0.05, 0.1) is 5.69 Å². The van der Waals surface area contributed by atoms with Crippen molar-refractivity contribution in [1.82, 2.24) is 4.90 Å². The molecule has 0 aromatic heterocycles. The van der Waals surface area contributed by atoms with Gasteiger partial charge in [-0.05, 0) is 40.2 Å². The Balaban J connectivity index is 2.05. The fourth-order valence-corrected chi connectivity index (χ4v) is 2.40. The van der Waals surface area contributed by atoms with Gasteiger partial charge in [0.1, 0.15) is 13.3 Å². The average Bonchev–Trinajstić information content (AvgIpc) is 2.57. The number of nitrogens with one attached hydrogen (secondary N) is 1. The Hall–Kier alpha value is -2.18. The molecule has 0 unspecified atom stereocenters. The molecule has 1 N–H and O–H groups in total. The minimum absolute atomic E-state index is 0.0388. The van der Waals surface area contributed by atoms with Crippen LogP contribution in [0.25, 0.3) is 0 Å². The van der Waals surface area contributed by atoms with Crippen LogP contribution < -0.4 is 5.32 Å². The summed E-state index contributed by atoms with van der Waals surface area (Å²) in [5, 5.41) is 2.77. The number of carbonyl (C=O) groups excluding carboxylic acids is 2. The molecule has 0 spiro atoms. The van der Waals surface area contributed by atoms with E-state index >= 15 is 0 Å². The van der Waals surface area contributed by atoms with E-state index in [1.807, 2.05) is 24.3 Å². The molecule has 0 heterocycles. The number of methoxy groups -OCH3 is 1. The van der Waals surface area contributed by atoms with Gasteiger partial charge in [-0.15, -0.1) is 0 Å². The van der Waals surface area contributed by atoms with E-state index in [1.54, 1.807) is 30.3 Å². The highest BCUT2D eigenvalue weighted by atomic mass is 79.9. The van der Waals surface area contributed by atoms with Crippen LogP contribution in [0.3, 0.4) is 0 Å². The summed E-state index contributed by atoms with van der Waals surface area (Å²) in [6.07, 6.45) is 0. The topological polar surface area (TPSA) is 58.6 Å². The molecule has 0 radical (unpaired) electrons. The second-order valence-corrected chi connectivity index (χ2v) is 5.67. The van der Waals surface area contributed by atoms with Crippen LogP contribution >= 0.6 is 15.9 Å². The van der Waals surface area contributed by atoms with Crippen LogP contribution in [0.15, 0.2) is 59.1 Å². The molecule has 0 atom stereocenters. The molecule has 0 fully saturated rings. The van der Waals surface area contributed by atoms with Gasteiger partial charge in [-0.25, -0.2) is 0 Å². The smallest absolute Gasteiger partial charge is 0.256 e. The maximum Gasteiger partial charge on any atom is 0.256 e. The maximum absolute atomic E-state index is 12.4. The molecule has 0 saturated carbocycles. The zero-order chi connectivity index (χ0) is 16.7. The molecule has 0 aliphatic heterocycles. The Morgan fingerprint density at radius 1 is 1.09 bits per heavy atom. The van der Waals surface area contributed by atoms with E-state index in [1.165, 1.54) is 12.0 Å². The van der Waals surface area contributed by atoms with Crippen molar-refractivity contribution in [1.29, 1.82) is 0 Å². The fourth-order valence-electron chi connectivity index (χ4n) is 2.02. The van der Waals surface area contributed by atoms with Gasteiger partial charge in [0.2, 0.25) is 5.91 Å². The summed E-state index contributed by atoms with van der Waals surface area (Å²) in [7, 11) is 1.48. The minimum atomic E-state index is -0.293. The SMILES string of the molecule is COCN(CC(=O)Nc1ccccc1Br)C(=O)c1ccccc1. The average molecular weight is 377 g/mol. The molecular formula is C17H17BrN2O3. The van der Waals surface area contributed by atoms with E-state index in [9.17, 15) is 9.59 Å². The second kappa shape index (κ2) is 8.45. The van der Waals surface area contributed by atoms with Gasteiger partial charge < -0.3 is 15.0 Å². The van der Waals surface area contributed by atoms with Crippen molar-refractivity contribution < 1.29 is 14.3 Å². The predicted molar refractivity (Wildman–Crippen MR) is 92.1 cm³/mol. The summed E-state index contributed by atoms with van der Waals surface area (Å²) in [5.41, 5.74) is 1.17. The lowest BCUT2D eigenvalue weighted by atomic mass is 10.2. The number of hydrogen-bond acceptors (Lipinski definition) is 3. The van der Waals surface area contributed by atoms with Crippen molar-refractivity contribution in [3.05, 3.63) is 64.6 Å². The highest BCUT2D eigenvalue weighted by Crippen LogP contribution is 2.21. The van der Waals surface area contributed by atoms with E-state index < -0.39 is 0 Å². The first-order chi connectivity index (χ1) is 11.1. The molecule has 2 aromatic rings. The van der Waals surface area contributed by atoms with Gasteiger partial charge in [0.25, 0.3) is 5.91 Å². The van der Waals surface area contributed by atoms with E-state index in [4.69, 9.17) is 4.74 Å². The van der Waals surface area contributed by atoms with Crippen LogP contribution in [0.4, 0.5) is 5.69 Å². The van der Waals surface area contributed by atoms with Crippen molar-refractivity contribution in [3.63, 3.8) is 0 Å². The van der Waals surface area contributed by atoms with Gasteiger partial charge in [-0.3, -0.25) is 9.59 Å². The van der Waals surface area contributed by atoms with Gasteiger partial charge in [0.15, 0.2) is 0 Å².